The highest BCUT2D eigenvalue weighted by Crippen LogP contribution is 2.27. The monoisotopic (exact) mass is 520 g/mol. The van der Waals surface area contributed by atoms with Crippen LogP contribution in [0, 0.1) is 0 Å². The van der Waals surface area contributed by atoms with E-state index in [1.807, 2.05) is 18.2 Å². The van der Waals surface area contributed by atoms with Crippen LogP contribution in [0.4, 0.5) is 0 Å². The quantitative estimate of drug-likeness (QED) is 0.286. The topological polar surface area (TPSA) is 144 Å². The van der Waals surface area contributed by atoms with E-state index in [4.69, 9.17) is 9.98 Å². The van der Waals surface area contributed by atoms with E-state index < -0.39 is 5.69 Å². The molecule has 5 heterocycles. The number of amides is 1. The highest BCUT2D eigenvalue weighted by atomic mass is 32.1. The number of aromatic hydroxyl groups is 1. The molecule has 4 aromatic rings. The van der Waals surface area contributed by atoms with Crippen LogP contribution in [-0.4, -0.2) is 72.2 Å². The van der Waals surface area contributed by atoms with Gasteiger partial charge in [-0.25, -0.2) is 9.78 Å². The normalized spacial score (nSPS) is 19.3. The molecule has 0 radical (unpaired) electrons. The van der Waals surface area contributed by atoms with Crippen molar-refractivity contribution in [2.45, 2.75) is 44.7 Å². The molecule has 1 saturated carbocycles. The molecule has 0 unspecified atom stereocenters. The Bertz CT molecular complexity index is 1640. The second kappa shape index (κ2) is 9.60. The smallest absolute Gasteiger partial charge is 0.326 e. The minimum absolute atomic E-state index is 0.0755. The number of carbonyl (C=O) groups excluding carboxylic acids is 1. The van der Waals surface area contributed by atoms with Gasteiger partial charge in [-0.3, -0.25) is 19.7 Å². The molecule has 1 aliphatic heterocycles. The van der Waals surface area contributed by atoms with Gasteiger partial charge in [0.15, 0.2) is 11.1 Å². The average Bonchev–Trinajstić information content (AvgIpc) is 3.28. The van der Waals surface area contributed by atoms with Gasteiger partial charge in [-0.05, 0) is 57.0 Å². The van der Waals surface area contributed by atoms with Crippen LogP contribution < -0.4 is 21.7 Å². The number of aromatic nitrogens is 5. The summed E-state index contributed by atoms with van der Waals surface area (Å²) in [4.78, 5) is 42.8. The van der Waals surface area contributed by atoms with E-state index in [2.05, 4.69) is 32.2 Å². The van der Waals surface area contributed by atoms with Crippen LogP contribution in [0.1, 0.15) is 48.0 Å². The van der Waals surface area contributed by atoms with Crippen molar-refractivity contribution < 1.29 is 9.90 Å². The number of likely N-dealkylation sites (N-methyl/N-ethyl adjacent to an activating group) is 1. The Balaban J connectivity index is 1.33. The van der Waals surface area contributed by atoms with Gasteiger partial charge < -0.3 is 15.4 Å². The molecule has 192 valence electrons. The largest absolute Gasteiger partial charge is 0.493 e. The highest BCUT2D eigenvalue weighted by molar-refractivity contribution is 7.17. The lowest BCUT2D eigenvalue weighted by Crippen LogP contribution is -2.39. The molecule has 12 heteroatoms. The van der Waals surface area contributed by atoms with Crippen molar-refractivity contribution in [3.63, 3.8) is 0 Å². The lowest BCUT2D eigenvalue weighted by Gasteiger charge is -2.22. The van der Waals surface area contributed by atoms with Gasteiger partial charge >= 0.3 is 5.69 Å². The first kappa shape index (κ1) is 23.6. The molecule has 4 N–H and O–H groups in total. The standard InChI is InChI=1S/C25H28N8O3S/c1-2-32-9-3-4-16(32)13-26-24(35)20-8-7-19(37-20)17-11-21(28-15-5-6-15)33-22(29-17)14(12-27-33)10-18-23(34)31-25(36)30-18/h7-8,10-12,15-16,34H,2-6,9,13H2,1H3,(H,26,35)(H2,30,31,36)/b14-10-,28-21?/t16-/m0/s1. The van der Waals surface area contributed by atoms with Gasteiger partial charge in [0, 0.05) is 23.9 Å². The summed E-state index contributed by atoms with van der Waals surface area (Å²) < 4.78 is 1.66. The maximum absolute atomic E-state index is 12.9. The minimum Gasteiger partial charge on any atom is -0.493 e. The van der Waals surface area contributed by atoms with Crippen molar-refractivity contribution in [3.8, 4) is 16.5 Å². The van der Waals surface area contributed by atoms with E-state index in [0.29, 0.717) is 39.5 Å². The Labute approximate surface area is 215 Å². The van der Waals surface area contributed by atoms with Crippen LogP contribution in [0.25, 0.3) is 22.3 Å². The number of fused-ring (bicyclic) bond motifs is 1. The lowest BCUT2D eigenvalue weighted by molar-refractivity contribution is 0.0945. The molecule has 2 aliphatic rings. The fraction of sp³-hybridized carbons (Fsp3) is 0.400. The molecule has 1 atom stereocenters. The summed E-state index contributed by atoms with van der Waals surface area (Å²) in [6.45, 7) is 4.90. The van der Waals surface area contributed by atoms with Gasteiger partial charge in [-0.15, -0.1) is 11.3 Å². The third kappa shape index (κ3) is 4.81. The number of nitrogens with one attached hydrogen (secondary N) is 3. The number of thiophene rings is 1. The molecule has 0 bridgehead atoms. The zero-order chi connectivity index (χ0) is 25.5. The van der Waals surface area contributed by atoms with Crippen molar-refractivity contribution in [1.29, 1.82) is 0 Å². The molecule has 1 amide bonds. The van der Waals surface area contributed by atoms with Crippen LogP contribution >= 0.6 is 11.3 Å². The Kier molecular flexibility index (Phi) is 6.13. The van der Waals surface area contributed by atoms with E-state index in [1.165, 1.54) is 17.8 Å². The van der Waals surface area contributed by atoms with Crippen molar-refractivity contribution in [2.75, 3.05) is 19.6 Å². The lowest BCUT2D eigenvalue weighted by atomic mass is 10.2. The molecule has 0 spiro atoms. The van der Waals surface area contributed by atoms with Crippen LogP contribution in [0.3, 0.4) is 0 Å². The van der Waals surface area contributed by atoms with Crippen LogP contribution in [-0.2, 0) is 0 Å². The SMILES string of the molecule is CCN1CCC[C@H]1CNC(=O)c1ccc(-c2cc(=NC3CC3)n3nc/c(=C/c4[nH]c(=O)[nH]c4O)c3n2)s1. The number of rotatable bonds is 7. The molecule has 2 fully saturated rings. The van der Waals surface area contributed by atoms with E-state index in [1.54, 1.807) is 16.8 Å². The summed E-state index contributed by atoms with van der Waals surface area (Å²) in [5, 5.41) is 18.2. The molecular formula is C25H28N8O3S. The van der Waals surface area contributed by atoms with Crippen molar-refractivity contribution >= 4 is 29.0 Å². The van der Waals surface area contributed by atoms with Crippen LogP contribution in [0.2, 0.25) is 0 Å². The second-order valence-electron chi connectivity index (χ2n) is 9.48. The Morgan fingerprint density at radius 1 is 1.32 bits per heavy atom. The average molecular weight is 521 g/mol. The first-order valence-corrected chi connectivity index (χ1v) is 13.4. The zero-order valence-corrected chi connectivity index (χ0v) is 21.2. The van der Waals surface area contributed by atoms with Gasteiger partial charge in [0.2, 0.25) is 5.88 Å². The van der Waals surface area contributed by atoms with E-state index in [0.717, 1.165) is 37.2 Å². The van der Waals surface area contributed by atoms with Gasteiger partial charge in [0.1, 0.15) is 5.69 Å². The third-order valence-corrected chi connectivity index (χ3v) is 7.97. The number of aromatic amines is 2. The highest BCUT2D eigenvalue weighted by Gasteiger charge is 2.24. The number of hydrogen-bond donors (Lipinski definition) is 4. The predicted molar refractivity (Wildman–Crippen MR) is 139 cm³/mol. The molecule has 37 heavy (non-hydrogen) atoms. The summed E-state index contributed by atoms with van der Waals surface area (Å²) in [6, 6.07) is 6.29. The first-order valence-electron chi connectivity index (χ1n) is 12.6. The van der Waals surface area contributed by atoms with E-state index in [9.17, 15) is 14.7 Å². The third-order valence-electron chi connectivity index (χ3n) is 6.86. The number of likely N-dealkylation sites (tertiary alicyclic amines) is 1. The van der Waals surface area contributed by atoms with Crippen LogP contribution in [0.5, 0.6) is 5.88 Å². The summed E-state index contributed by atoms with van der Waals surface area (Å²) in [5.41, 5.74) is 1.64. The second-order valence-corrected chi connectivity index (χ2v) is 10.6. The van der Waals surface area contributed by atoms with E-state index in [-0.39, 0.29) is 23.5 Å². The summed E-state index contributed by atoms with van der Waals surface area (Å²) in [6.07, 6.45) is 7.60. The van der Waals surface area contributed by atoms with Gasteiger partial charge in [0.25, 0.3) is 5.91 Å². The Hall–Kier alpha value is -3.77. The predicted octanol–water partition coefficient (Wildman–Crippen LogP) is 1.00. The molecule has 4 aromatic heterocycles. The number of imidazole rings is 1. The molecule has 1 aliphatic carbocycles. The molecule has 11 nitrogen and oxygen atoms in total. The summed E-state index contributed by atoms with van der Waals surface area (Å²) in [7, 11) is 0. The van der Waals surface area contributed by atoms with Gasteiger partial charge in [0.05, 0.1) is 27.7 Å². The summed E-state index contributed by atoms with van der Waals surface area (Å²) >= 11 is 1.39. The number of hydrogen-bond acceptors (Lipinski definition) is 8. The van der Waals surface area contributed by atoms with Gasteiger partial charge in [-0.2, -0.15) is 9.61 Å². The van der Waals surface area contributed by atoms with Crippen LogP contribution in [0.15, 0.2) is 34.2 Å². The van der Waals surface area contributed by atoms with E-state index >= 15 is 0 Å². The Morgan fingerprint density at radius 3 is 2.95 bits per heavy atom. The first-order chi connectivity index (χ1) is 18.0. The van der Waals surface area contributed by atoms with Crippen molar-refractivity contribution in [3.05, 3.63) is 56.2 Å². The molecule has 1 saturated heterocycles. The van der Waals surface area contributed by atoms with Crippen molar-refractivity contribution in [2.24, 2.45) is 4.99 Å². The minimum atomic E-state index is -0.502. The number of carbonyl (C=O) groups is 1. The molecular weight excluding hydrogens is 492 g/mol. The number of nitrogens with zero attached hydrogens (tertiary/aromatic N) is 5. The molecule has 0 aromatic carbocycles. The van der Waals surface area contributed by atoms with Gasteiger partial charge in [-0.1, -0.05) is 6.92 Å². The number of H-pyrrole nitrogens is 2. The maximum atomic E-state index is 12.9. The summed E-state index contributed by atoms with van der Waals surface area (Å²) in [5.74, 6) is -0.328. The Morgan fingerprint density at radius 2 is 2.19 bits per heavy atom. The fourth-order valence-corrected chi connectivity index (χ4v) is 5.64. The maximum Gasteiger partial charge on any atom is 0.326 e. The fourth-order valence-electron chi connectivity index (χ4n) is 4.76. The van der Waals surface area contributed by atoms with Crippen molar-refractivity contribution in [1.82, 2.24) is 34.8 Å². The zero-order valence-electron chi connectivity index (χ0n) is 20.4. The molecule has 6 rings (SSSR count).